The molecular formula is C55H65FN10O14. The van der Waals surface area contributed by atoms with Crippen molar-refractivity contribution in [2.75, 3.05) is 39.3 Å². The Morgan fingerprint density at radius 3 is 2.26 bits per heavy atom. The minimum absolute atomic E-state index is 0.0104. The first kappa shape index (κ1) is 59.2. The summed E-state index contributed by atoms with van der Waals surface area (Å²) < 4.78 is 22.2. The van der Waals surface area contributed by atoms with Crippen LogP contribution in [0.25, 0.3) is 5.57 Å². The van der Waals surface area contributed by atoms with E-state index in [9.17, 15) is 57.8 Å². The lowest BCUT2D eigenvalue weighted by Gasteiger charge is -2.32. The number of carbonyl (C=O) groups is 10. The Kier molecular flexibility index (Phi) is 19.9. The van der Waals surface area contributed by atoms with Gasteiger partial charge < -0.3 is 56.7 Å². The number of benzene rings is 2. The second kappa shape index (κ2) is 26.9. The van der Waals surface area contributed by atoms with Gasteiger partial charge in [-0.05, 0) is 86.4 Å². The number of carboxylic acid groups (broad SMARTS) is 1. The minimum Gasteiger partial charge on any atom is -0.481 e. The number of aliphatic carboxylic acids is 1. The van der Waals surface area contributed by atoms with E-state index in [1.165, 1.54) is 6.07 Å². The van der Waals surface area contributed by atoms with Crippen molar-refractivity contribution in [3.63, 3.8) is 0 Å². The van der Waals surface area contributed by atoms with Crippen LogP contribution in [0.4, 0.5) is 4.39 Å². The van der Waals surface area contributed by atoms with Crippen LogP contribution in [-0.4, -0.2) is 136 Å². The molecule has 7 rings (SSSR count). The number of carboxylic acids is 1. The van der Waals surface area contributed by atoms with Gasteiger partial charge in [-0.1, -0.05) is 37.3 Å². The summed E-state index contributed by atoms with van der Waals surface area (Å²) >= 11 is 0. The summed E-state index contributed by atoms with van der Waals surface area (Å²) in [6, 6.07) is 9.03. The van der Waals surface area contributed by atoms with Crippen molar-refractivity contribution in [2.24, 2.45) is 4.99 Å². The van der Waals surface area contributed by atoms with E-state index in [1.807, 2.05) is 0 Å². The fraction of sp³-hybridized carbons (Fsp3) is 0.455. The number of esters is 1. The molecule has 1 aromatic heterocycles. The third-order valence-corrected chi connectivity index (χ3v) is 14.5. The van der Waals surface area contributed by atoms with E-state index in [0.29, 0.717) is 60.3 Å². The number of cyclic esters (lactones) is 1. The third kappa shape index (κ3) is 14.4. The Bertz CT molecular complexity index is 3160. The molecule has 0 radical (unpaired) electrons. The number of hydrogen-bond donors (Lipinski definition) is 9. The van der Waals surface area contributed by atoms with Crippen molar-refractivity contribution in [1.82, 2.24) is 46.7 Å². The van der Waals surface area contributed by atoms with Gasteiger partial charge in [0.15, 0.2) is 5.60 Å². The second-order valence-corrected chi connectivity index (χ2v) is 19.8. The smallest absolute Gasteiger partial charge is 0.343 e. The highest BCUT2D eigenvalue weighted by molar-refractivity contribution is 6.15. The first-order chi connectivity index (χ1) is 38.3. The zero-order valence-electron chi connectivity index (χ0n) is 44.4. The molecule has 0 fully saturated rings. The number of carbonyl (C=O) groups excluding carboxylic acids is 9. The molecule has 4 aliphatic rings. The number of hydrogen-bond acceptors (Lipinski definition) is 15. The highest BCUT2D eigenvalue weighted by atomic mass is 19.1. The molecule has 1 aliphatic carbocycles. The highest BCUT2D eigenvalue weighted by Crippen LogP contribution is 2.34. The number of pyridine rings is 1. The van der Waals surface area contributed by atoms with Crippen LogP contribution in [0.2, 0.25) is 0 Å². The van der Waals surface area contributed by atoms with Crippen LogP contribution in [0.3, 0.4) is 0 Å². The maximum atomic E-state index is 15.4. The lowest BCUT2D eigenvalue weighted by atomic mass is 9.84. The Balaban J connectivity index is 0.845. The van der Waals surface area contributed by atoms with Crippen LogP contribution in [0, 0.1) is 12.7 Å². The van der Waals surface area contributed by atoms with E-state index in [0.717, 1.165) is 34.1 Å². The van der Waals surface area contributed by atoms with E-state index >= 15 is 4.39 Å². The third-order valence-electron chi connectivity index (χ3n) is 14.5. The maximum absolute atomic E-state index is 15.4. The molecule has 9 N–H and O–H groups in total. The summed E-state index contributed by atoms with van der Waals surface area (Å²) in [5.74, 6) is -7.72. The maximum Gasteiger partial charge on any atom is 0.343 e. The number of amides is 8. The fourth-order valence-corrected chi connectivity index (χ4v) is 10.2. The number of ether oxygens (including phenoxy) is 1. The fourth-order valence-electron chi connectivity index (χ4n) is 10.2. The van der Waals surface area contributed by atoms with Crippen molar-refractivity contribution in [3.8, 4) is 0 Å². The summed E-state index contributed by atoms with van der Waals surface area (Å²) in [5, 5.41) is 40.4. The van der Waals surface area contributed by atoms with E-state index in [1.54, 1.807) is 54.8 Å². The monoisotopic (exact) mass is 1110 g/mol. The number of imide groups is 1. The molecule has 0 bridgehead atoms. The molecule has 80 heavy (non-hydrogen) atoms. The SMILES string of the molecule is CC[C@@]1(O)C(=O)OCc2c1cc1n(c2=O)CCC2=c3c(c(C)c(F)c/c3=N/C1)CCC2NC(=O)CCCNCCNC(=O)[C@H](Cc1ccccc1)NC(=O)CNC(=O)CNC(=O)CCNC(=O)[C@H](CCC(=O)O)N1C(=O)C=CC1=O. The predicted molar refractivity (Wildman–Crippen MR) is 281 cm³/mol. The van der Waals surface area contributed by atoms with Crippen molar-refractivity contribution in [1.29, 1.82) is 0 Å². The molecule has 0 saturated carbocycles. The van der Waals surface area contributed by atoms with Gasteiger partial charge in [-0.15, -0.1) is 0 Å². The van der Waals surface area contributed by atoms with Crippen molar-refractivity contribution in [3.05, 3.63) is 115 Å². The molecule has 1 unspecified atom stereocenters. The molecule has 0 saturated heterocycles. The molecule has 24 nitrogen and oxygen atoms in total. The molecule has 25 heteroatoms. The van der Waals surface area contributed by atoms with Gasteiger partial charge in [-0.25, -0.2) is 9.18 Å². The van der Waals surface area contributed by atoms with Crippen molar-refractivity contribution >= 4 is 64.8 Å². The Morgan fingerprint density at radius 1 is 0.825 bits per heavy atom. The lowest BCUT2D eigenvalue weighted by molar-refractivity contribution is -0.172. The zero-order chi connectivity index (χ0) is 57.7. The lowest BCUT2D eigenvalue weighted by Crippen LogP contribution is -2.52. The molecule has 4 atom stereocenters. The quantitative estimate of drug-likeness (QED) is 0.0249. The first-order valence-corrected chi connectivity index (χ1v) is 26.5. The number of halogens is 1. The van der Waals surface area contributed by atoms with E-state index < -0.39 is 108 Å². The average Bonchev–Trinajstić information content (AvgIpc) is 3.90. The summed E-state index contributed by atoms with van der Waals surface area (Å²) in [6.07, 6.45) is 2.74. The van der Waals surface area contributed by atoms with Gasteiger partial charge in [0.2, 0.25) is 35.4 Å². The summed E-state index contributed by atoms with van der Waals surface area (Å²) in [6.45, 7) is 2.78. The number of nitrogens with one attached hydrogen (secondary N) is 7. The van der Waals surface area contributed by atoms with Crippen LogP contribution < -0.4 is 53.4 Å². The van der Waals surface area contributed by atoms with Crippen LogP contribution >= 0.6 is 0 Å². The molecule has 426 valence electrons. The molecule has 3 aliphatic heterocycles. The second-order valence-electron chi connectivity index (χ2n) is 19.8. The van der Waals surface area contributed by atoms with Gasteiger partial charge >= 0.3 is 11.9 Å². The largest absolute Gasteiger partial charge is 0.481 e. The van der Waals surface area contributed by atoms with Crippen molar-refractivity contribution in [2.45, 2.75) is 121 Å². The number of rotatable bonds is 25. The topological polar surface area (TPSA) is 342 Å². The van der Waals surface area contributed by atoms with Crippen LogP contribution in [0.5, 0.6) is 0 Å². The van der Waals surface area contributed by atoms with Crippen LogP contribution in [0.15, 0.2) is 64.4 Å². The Morgan fingerprint density at radius 2 is 1.54 bits per heavy atom. The molecule has 4 heterocycles. The van der Waals surface area contributed by atoms with E-state index in [-0.39, 0.29) is 81.9 Å². The molecule has 0 spiro atoms. The van der Waals surface area contributed by atoms with Gasteiger partial charge in [0.05, 0.1) is 36.6 Å². The summed E-state index contributed by atoms with van der Waals surface area (Å²) in [4.78, 5) is 145. The van der Waals surface area contributed by atoms with E-state index in [4.69, 9.17) is 14.8 Å². The average molecular weight is 1110 g/mol. The van der Waals surface area contributed by atoms with Crippen molar-refractivity contribution < 1.29 is 67.3 Å². The summed E-state index contributed by atoms with van der Waals surface area (Å²) in [7, 11) is 0. The normalized spacial score (nSPS) is 18.3. The molecular weight excluding hydrogens is 1040 g/mol. The standard InChI is InChI=1S/C55H65FN10O14/c1-3-55(79)37-25-33-27-60-40-26-38(56)31(2)34-11-12-39(35(50(34)40)18-23-65(33)53(77)36(37)30-80-54(55)78)63-44(68)10-7-19-57-21-22-59-51(75)41(24-32-8-5-4-6-9-32)64-46(70)29-62-45(69)28-61-43(67)17-20-58-52(76)42(13-16-49(73)74)66-47(71)14-15-48(66)72/h4-6,8-9,14-15,25-26,39,41-42,57,79H,3,7,10-13,16-24,27-30H2,1-2H3,(H,58,76)(H,59,75)(H,61,67)(H,62,69)(H,63,68)(H,64,70)(H,73,74)/b60-40-/t39?,41-,42-,55-/m0/s1. The van der Waals surface area contributed by atoms with Crippen LogP contribution in [0.1, 0.15) is 91.8 Å². The Labute approximate surface area is 458 Å². The first-order valence-electron chi connectivity index (χ1n) is 26.5. The van der Waals surface area contributed by atoms with Gasteiger partial charge in [0, 0.05) is 80.5 Å². The van der Waals surface area contributed by atoms with Gasteiger partial charge in [-0.2, -0.15) is 0 Å². The molecule has 2 aromatic carbocycles. The zero-order valence-corrected chi connectivity index (χ0v) is 44.4. The predicted octanol–water partition coefficient (Wildman–Crippen LogP) is -2.13. The van der Waals surface area contributed by atoms with Gasteiger partial charge in [0.25, 0.3) is 17.4 Å². The number of aromatic nitrogens is 1. The Hall–Kier alpha value is -8.45. The van der Waals surface area contributed by atoms with Crippen LogP contribution in [-0.2, 0) is 90.8 Å². The van der Waals surface area contributed by atoms with E-state index in [2.05, 4.69) is 37.2 Å². The minimum atomic E-state index is -1.99. The van der Waals surface area contributed by atoms with Gasteiger partial charge in [0.1, 0.15) is 24.5 Å². The van der Waals surface area contributed by atoms with Gasteiger partial charge in [-0.3, -0.25) is 57.8 Å². The molecule has 8 amide bonds. The molecule has 3 aromatic rings. The number of fused-ring (bicyclic) bond motifs is 2. The number of nitrogens with zero attached hydrogens (tertiary/aromatic N) is 3. The highest BCUT2D eigenvalue weighted by Gasteiger charge is 2.45. The number of aliphatic hydroxyl groups is 1. The summed E-state index contributed by atoms with van der Waals surface area (Å²) in [5.41, 5.74) is 1.24.